The van der Waals surface area contributed by atoms with Crippen LogP contribution in [0.5, 0.6) is 5.75 Å². The Kier molecular flexibility index (Phi) is 4.07. The molecular weight excluding hydrogens is 202 g/mol. The number of rotatable bonds is 2. The Morgan fingerprint density at radius 1 is 1.47 bits per heavy atom. The Hall–Kier alpha value is -1.60. The first kappa shape index (κ1) is 11.5. The Morgan fingerprint density at radius 2 is 2.20 bits per heavy atom. The first-order chi connectivity index (χ1) is 7.13. The van der Waals surface area contributed by atoms with Crippen molar-refractivity contribution in [2.45, 2.75) is 13.5 Å². The van der Waals surface area contributed by atoms with Crippen LogP contribution in [0.2, 0.25) is 0 Å². The van der Waals surface area contributed by atoms with Crippen LogP contribution in [0.25, 0.3) is 0 Å². The SMILES string of the molecule is Cc1cc(C#CCO)ccc1OC(F)F. The highest BCUT2D eigenvalue weighted by Crippen LogP contribution is 2.20. The van der Waals surface area contributed by atoms with E-state index in [1.165, 1.54) is 6.07 Å². The summed E-state index contributed by atoms with van der Waals surface area (Å²) in [6.07, 6.45) is 0. The van der Waals surface area contributed by atoms with Crippen LogP contribution >= 0.6 is 0 Å². The van der Waals surface area contributed by atoms with E-state index in [9.17, 15) is 8.78 Å². The predicted octanol–water partition coefficient (Wildman–Crippen LogP) is 1.94. The zero-order valence-corrected chi connectivity index (χ0v) is 8.13. The molecule has 0 spiro atoms. The Morgan fingerprint density at radius 3 is 2.73 bits per heavy atom. The van der Waals surface area contributed by atoms with Gasteiger partial charge in [-0.2, -0.15) is 8.78 Å². The molecule has 2 nitrogen and oxygen atoms in total. The molecule has 0 aliphatic heterocycles. The first-order valence-corrected chi connectivity index (χ1v) is 4.28. The number of aryl methyl sites for hydroxylation is 1. The Labute approximate surface area is 86.5 Å². The third-order valence-electron chi connectivity index (χ3n) is 1.70. The highest BCUT2D eigenvalue weighted by atomic mass is 19.3. The summed E-state index contributed by atoms with van der Waals surface area (Å²) in [5.74, 6) is 5.28. The molecule has 0 saturated carbocycles. The number of aliphatic hydroxyl groups is 1. The van der Waals surface area contributed by atoms with E-state index in [4.69, 9.17) is 5.11 Å². The van der Waals surface area contributed by atoms with Gasteiger partial charge in [-0.15, -0.1) is 0 Å². The van der Waals surface area contributed by atoms with Gasteiger partial charge in [-0.25, -0.2) is 0 Å². The van der Waals surface area contributed by atoms with Crippen molar-refractivity contribution >= 4 is 0 Å². The van der Waals surface area contributed by atoms with Crippen molar-refractivity contribution in [3.63, 3.8) is 0 Å². The molecule has 0 unspecified atom stereocenters. The molecule has 0 bridgehead atoms. The molecule has 1 aromatic carbocycles. The molecule has 0 amide bonds. The molecule has 0 aliphatic carbocycles. The molecule has 0 atom stereocenters. The minimum absolute atomic E-state index is 0.138. The van der Waals surface area contributed by atoms with Gasteiger partial charge in [-0.3, -0.25) is 0 Å². The van der Waals surface area contributed by atoms with E-state index in [0.717, 1.165) is 0 Å². The van der Waals surface area contributed by atoms with Gasteiger partial charge in [-0.05, 0) is 30.7 Å². The van der Waals surface area contributed by atoms with Gasteiger partial charge in [0.15, 0.2) is 0 Å². The van der Waals surface area contributed by atoms with Crippen LogP contribution in [0.15, 0.2) is 18.2 Å². The maximum Gasteiger partial charge on any atom is 0.387 e. The zero-order chi connectivity index (χ0) is 11.3. The van der Waals surface area contributed by atoms with Crippen molar-refractivity contribution in [1.29, 1.82) is 0 Å². The van der Waals surface area contributed by atoms with E-state index >= 15 is 0 Å². The molecule has 15 heavy (non-hydrogen) atoms. The first-order valence-electron chi connectivity index (χ1n) is 4.28. The number of hydrogen-bond donors (Lipinski definition) is 1. The summed E-state index contributed by atoms with van der Waals surface area (Å²) in [4.78, 5) is 0. The van der Waals surface area contributed by atoms with E-state index in [1.54, 1.807) is 19.1 Å². The molecular formula is C11H10F2O2. The molecule has 0 radical (unpaired) electrons. The lowest BCUT2D eigenvalue weighted by Gasteiger charge is -2.07. The maximum absolute atomic E-state index is 11.9. The summed E-state index contributed by atoms with van der Waals surface area (Å²) in [6.45, 7) is -1.39. The van der Waals surface area contributed by atoms with Crippen LogP contribution in [0.3, 0.4) is 0 Å². The van der Waals surface area contributed by atoms with E-state index in [0.29, 0.717) is 11.1 Å². The number of alkyl halides is 2. The summed E-state index contributed by atoms with van der Waals surface area (Å²) in [5.41, 5.74) is 1.24. The highest BCUT2D eigenvalue weighted by molar-refractivity contribution is 5.43. The maximum atomic E-state index is 11.9. The van der Waals surface area contributed by atoms with Crippen LogP contribution < -0.4 is 4.74 Å². The number of hydrogen-bond acceptors (Lipinski definition) is 2. The Bertz CT molecular complexity index is 391. The van der Waals surface area contributed by atoms with Gasteiger partial charge in [0.25, 0.3) is 0 Å². The molecule has 0 fully saturated rings. The molecule has 1 N–H and O–H groups in total. The van der Waals surface area contributed by atoms with Gasteiger partial charge in [0.2, 0.25) is 0 Å². The summed E-state index contributed by atoms with van der Waals surface area (Å²) >= 11 is 0. The van der Waals surface area contributed by atoms with E-state index in [2.05, 4.69) is 16.6 Å². The lowest BCUT2D eigenvalue weighted by atomic mass is 10.1. The predicted molar refractivity (Wildman–Crippen MR) is 51.8 cm³/mol. The molecule has 4 heteroatoms. The molecule has 0 aliphatic rings. The standard InChI is InChI=1S/C11H10F2O2/c1-8-7-9(3-2-6-14)4-5-10(8)15-11(12)13/h4-5,7,11,14H,6H2,1H3. The van der Waals surface area contributed by atoms with Crippen molar-refractivity contribution in [3.05, 3.63) is 29.3 Å². The van der Waals surface area contributed by atoms with E-state index in [1.807, 2.05) is 0 Å². The van der Waals surface area contributed by atoms with Crippen LogP contribution in [0, 0.1) is 18.8 Å². The third-order valence-corrected chi connectivity index (χ3v) is 1.70. The number of ether oxygens (including phenoxy) is 1. The lowest BCUT2D eigenvalue weighted by Crippen LogP contribution is -2.03. The number of aliphatic hydroxyl groups excluding tert-OH is 1. The monoisotopic (exact) mass is 212 g/mol. The Balaban J connectivity index is 2.88. The summed E-state index contributed by atoms with van der Waals surface area (Å²) in [7, 11) is 0. The molecule has 0 aromatic heterocycles. The minimum atomic E-state index is -2.82. The van der Waals surface area contributed by atoms with Crippen LogP contribution in [-0.4, -0.2) is 18.3 Å². The summed E-state index contributed by atoms with van der Waals surface area (Å²) < 4.78 is 28.1. The number of halogens is 2. The van der Waals surface area contributed by atoms with E-state index < -0.39 is 6.61 Å². The quantitative estimate of drug-likeness (QED) is 0.759. The fourth-order valence-corrected chi connectivity index (χ4v) is 1.10. The van der Waals surface area contributed by atoms with Crippen LogP contribution in [0.4, 0.5) is 8.78 Å². The van der Waals surface area contributed by atoms with Crippen molar-refractivity contribution < 1.29 is 18.6 Å². The summed E-state index contributed by atoms with van der Waals surface area (Å²) in [6, 6.07) is 4.62. The van der Waals surface area contributed by atoms with Gasteiger partial charge in [0.1, 0.15) is 12.4 Å². The topological polar surface area (TPSA) is 29.5 Å². The minimum Gasteiger partial charge on any atom is -0.435 e. The fraction of sp³-hybridized carbons (Fsp3) is 0.273. The van der Waals surface area contributed by atoms with Crippen LogP contribution in [0.1, 0.15) is 11.1 Å². The van der Waals surface area contributed by atoms with Crippen molar-refractivity contribution in [2.75, 3.05) is 6.61 Å². The second-order valence-electron chi connectivity index (χ2n) is 2.82. The highest BCUT2D eigenvalue weighted by Gasteiger charge is 2.06. The summed E-state index contributed by atoms with van der Waals surface area (Å²) in [5, 5.41) is 8.47. The number of benzene rings is 1. The van der Waals surface area contributed by atoms with Gasteiger partial charge < -0.3 is 9.84 Å². The van der Waals surface area contributed by atoms with Crippen molar-refractivity contribution in [2.24, 2.45) is 0 Å². The lowest BCUT2D eigenvalue weighted by molar-refractivity contribution is -0.0502. The van der Waals surface area contributed by atoms with Gasteiger partial charge in [0.05, 0.1) is 0 Å². The van der Waals surface area contributed by atoms with Crippen molar-refractivity contribution in [3.8, 4) is 17.6 Å². The normalized spacial score (nSPS) is 9.67. The van der Waals surface area contributed by atoms with Crippen molar-refractivity contribution in [1.82, 2.24) is 0 Å². The molecule has 80 valence electrons. The fourth-order valence-electron chi connectivity index (χ4n) is 1.10. The van der Waals surface area contributed by atoms with Gasteiger partial charge >= 0.3 is 6.61 Å². The van der Waals surface area contributed by atoms with E-state index in [-0.39, 0.29) is 12.4 Å². The molecule has 1 aromatic rings. The van der Waals surface area contributed by atoms with Gasteiger partial charge in [0, 0.05) is 5.56 Å². The second kappa shape index (κ2) is 5.32. The van der Waals surface area contributed by atoms with Crippen LogP contribution in [-0.2, 0) is 0 Å². The molecule has 0 heterocycles. The second-order valence-corrected chi connectivity index (χ2v) is 2.82. The third kappa shape index (κ3) is 3.56. The largest absolute Gasteiger partial charge is 0.435 e. The average molecular weight is 212 g/mol. The molecule has 0 saturated heterocycles. The van der Waals surface area contributed by atoms with Gasteiger partial charge in [-0.1, -0.05) is 11.8 Å². The average Bonchev–Trinajstić information content (AvgIpc) is 2.18. The zero-order valence-electron chi connectivity index (χ0n) is 8.13. The molecule has 1 rings (SSSR count). The smallest absolute Gasteiger partial charge is 0.387 e.